The minimum atomic E-state index is -1.74. The lowest BCUT2D eigenvalue weighted by molar-refractivity contribution is -0.144. The van der Waals surface area contributed by atoms with E-state index in [1.165, 1.54) is 13.8 Å². The lowest BCUT2D eigenvalue weighted by Gasteiger charge is -2.28. The van der Waals surface area contributed by atoms with Gasteiger partial charge < -0.3 is 53.8 Å². The number of carbonyl (C=O) groups excluding carboxylic acids is 4. The lowest BCUT2D eigenvalue weighted by Crippen LogP contribution is -2.61. The van der Waals surface area contributed by atoms with Gasteiger partial charge >= 0.3 is 11.9 Å². The van der Waals surface area contributed by atoms with E-state index in [2.05, 4.69) is 26.3 Å². The third-order valence-corrected chi connectivity index (χ3v) is 5.90. The maximum absolute atomic E-state index is 13.1. The molecule has 0 saturated heterocycles. The van der Waals surface area contributed by atoms with E-state index in [1.807, 2.05) is 0 Å². The van der Waals surface area contributed by atoms with Crippen LogP contribution in [0.5, 0.6) is 0 Å². The average molecular weight is 589 g/mol. The first kappa shape index (κ1) is 37.0. The number of rotatable bonds is 18. The number of carboxylic acids is 2. The Morgan fingerprint density at radius 3 is 1.68 bits per heavy atom. The van der Waals surface area contributed by atoms with Crippen LogP contribution in [0.4, 0.5) is 0 Å². The van der Waals surface area contributed by atoms with Crippen molar-refractivity contribution in [2.45, 2.75) is 90.2 Å². The number of aliphatic imine (C=N–C) groups is 1. The number of amides is 4. The summed E-state index contributed by atoms with van der Waals surface area (Å²) in [5, 5.41) is 37.9. The fourth-order valence-corrected chi connectivity index (χ4v) is 3.41. The van der Waals surface area contributed by atoms with Crippen molar-refractivity contribution < 1.29 is 44.1 Å². The zero-order valence-electron chi connectivity index (χ0n) is 23.9. The van der Waals surface area contributed by atoms with Crippen molar-refractivity contribution >= 4 is 41.5 Å². The fraction of sp³-hybridized carbons (Fsp3) is 0.708. The summed E-state index contributed by atoms with van der Waals surface area (Å²) in [5.74, 6) is -7.60. The van der Waals surface area contributed by atoms with Crippen molar-refractivity contribution in [2.24, 2.45) is 34.0 Å². The summed E-state index contributed by atoms with van der Waals surface area (Å²) in [4.78, 5) is 78.0. The smallest absolute Gasteiger partial charge is 0.326 e. The summed E-state index contributed by atoms with van der Waals surface area (Å²) in [6.07, 6.45) is -2.20. The molecule has 0 heterocycles. The van der Waals surface area contributed by atoms with Gasteiger partial charge in [-0.3, -0.25) is 29.0 Å². The highest BCUT2D eigenvalue weighted by atomic mass is 16.4. The molecule has 0 aromatic heterocycles. The molecule has 0 saturated carbocycles. The predicted octanol–water partition coefficient (Wildman–Crippen LogP) is -3.44. The Bertz CT molecular complexity index is 967. The van der Waals surface area contributed by atoms with Gasteiger partial charge in [0.25, 0.3) is 0 Å². The summed E-state index contributed by atoms with van der Waals surface area (Å²) in [6, 6.07) is -6.98. The Kier molecular flexibility index (Phi) is 15.9. The number of carboxylic acid groups (broad SMARTS) is 2. The van der Waals surface area contributed by atoms with Crippen LogP contribution in [-0.4, -0.2) is 99.7 Å². The van der Waals surface area contributed by atoms with Gasteiger partial charge in [-0.25, -0.2) is 4.79 Å². The molecule has 0 radical (unpaired) electrons. The molecule has 0 aromatic carbocycles. The van der Waals surface area contributed by atoms with Crippen LogP contribution in [0.3, 0.4) is 0 Å². The van der Waals surface area contributed by atoms with E-state index in [1.54, 1.807) is 13.8 Å². The number of aliphatic hydroxyl groups is 1. The molecule has 0 fully saturated rings. The number of nitrogens with zero attached hydrogens (tertiary/aromatic N) is 1. The van der Waals surface area contributed by atoms with Crippen molar-refractivity contribution in [1.82, 2.24) is 21.3 Å². The van der Waals surface area contributed by atoms with Gasteiger partial charge in [-0.05, 0) is 31.6 Å². The van der Waals surface area contributed by atoms with Crippen molar-refractivity contribution in [3.8, 4) is 0 Å². The summed E-state index contributed by atoms with van der Waals surface area (Å²) in [5.41, 5.74) is 16.5. The molecular weight excluding hydrogens is 544 g/mol. The van der Waals surface area contributed by atoms with Crippen LogP contribution in [0.15, 0.2) is 4.99 Å². The van der Waals surface area contributed by atoms with Crippen LogP contribution < -0.4 is 38.5 Å². The summed E-state index contributed by atoms with van der Waals surface area (Å²) in [7, 11) is 0. The highest BCUT2D eigenvalue weighted by Gasteiger charge is 2.35. The second-order valence-electron chi connectivity index (χ2n) is 10.2. The number of aliphatic carboxylic acids is 2. The molecule has 0 aliphatic rings. The van der Waals surface area contributed by atoms with Gasteiger partial charge in [-0.2, -0.15) is 0 Å². The predicted molar refractivity (Wildman–Crippen MR) is 147 cm³/mol. The van der Waals surface area contributed by atoms with Crippen molar-refractivity contribution in [3.05, 3.63) is 0 Å². The summed E-state index contributed by atoms with van der Waals surface area (Å²) in [6.45, 7) is 7.73. The third-order valence-electron chi connectivity index (χ3n) is 5.90. The van der Waals surface area contributed by atoms with Crippen molar-refractivity contribution in [3.63, 3.8) is 0 Å². The highest BCUT2D eigenvalue weighted by molar-refractivity contribution is 5.96. The van der Waals surface area contributed by atoms with Gasteiger partial charge in [0, 0.05) is 6.54 Å². The van der Waals surface area contributed by atoms with E-state index in [0.29, 0.717) is 0 Å². The van der Waals surface area contributed by atoms with Gasteiger partial charge in [-0.15, -0.1) is 0 Å². The van der Waals surface area contributed by atoms with Crippen LogP contribution in [0, 0.1) is 11.8 Å². The second kappa shape index (κ2) is 17.6. The number of nitrogens with two attached hydrogens (primary N) is 3. The largest absolute Gasteiger partial charge is 0.481 e. The molecule has 0 unspecified atom stereocenters. The summed E-state index contributed by atoms with van der Waals surface area (Å²) >= 11 is 0. The van der Waals surface area contributed by atoms with Crippen LogP contribution in [0.25, 0.3) is 0 Å². The Hall–Kier alpha value is -3.99. The molecule has 6 atom stereocenters. The number of hydrogen-bond donors (Lipinski definition) is 10. The Balaban J connectivity index is 5.86. The Morgan fingerprint density at radius 2 is 1.24 bits per heavy atom. The van der Waals surface area contributed by atoms with Crippen molar-refractivity contribution in [2.75, 3.05) is 6.54 Å². The van der Waals surface area contributed by atoms with E-state index in [9.17, 15) is 44.1 Å². The van der Waals surface area contributed by atoms with E-state index >= 15 is 0 Å². The van der Waals surface area contributed by atoms with E-state index in [-0.39, 0.29) is 31.3 Å². The molecule has 41 heavy (non-hydrogen) atoms. The van der Waals surface area contributed by atoms with Crippen LogP contribution in [0.2, 0.25) is 0 Å². The van der Waals surface area contributed by atoms with E-state index in [0.717, 1.165) is 6.92 Å². The number of hydrogen-bond acceptors (Lipinski definition) is 9. The van der Waals surface area contributed by atoms with Gasteiger partial charge in [0.05, 0.1) is 18.6 Å². The maximum Gasteiger partial charge on any atom is 0.326 e. The average Bonchev–Trinajstić information content (AvgIpc) is 2.84. The molecule has 13 N–H and O–H groups in total. The number of carbonyl (C=O) groups is 6. The molecule has 0 aliphatic carbocycles. The summed E-state index contributed by atoms with van der Waals surface area (Å²) < 4.78 is 0. The number of nitrogens with one attached hydrogen (secondary N) is 4. The normalized spacial score (nSPS) is 15.4. The first-order chi connectivity index (χ1) is 18.9. The minimum absolute atomic E-state index is 0.0170. The van der Waals surface area contributed by atoms with E-state index < -0.39 is 84.2 Å². The van der Waals surface area contributed by atoms with Gasteiger partial charge in [0.15, 0.2) is 5.96 Å². The monoisotopic (exact) mass is 588 g/mol. The molecule has 234 valence electrons. The zero-order valence-corrected chi connectivity index (χ0v) is 23.9. The van der Waals surface area contributed by atoms with Crippen LogP contribution >= 0.6 is 0 Å². The van der Waals surface area contributed by atoms with Crippen LogP contribution in [-0.2, 0) is 28.8 Å². The first-order valence-electron chi connectivity index (χ1n) is 13.0. The molecule has 0 aromatic rings. The molecule has 0 rings (SSSR count). The standard InChI is InChI=1S/C24H44N8O9/c1-10(2)16(25)21(38)29-13(7-6-8-28-24(26)27)19(36)32-18(12(5)33)22(39)30-14(9-15(34)35)20(37)31-17(11(3)4)23(40)41/h10-14,16-18,33H,6-9,25H2,1-5H3,(H,29,38)(H,30,39)(H,31,37)(H,32,36)(H,34,35)(H,40,41)(H4,26,27,28)/t12-,13+,14+,16+,17+,18+/m1/s1. The number of aliphatic hydroxyl groups excluding tert-OH is 1. The van der Waals surface area contributed by atoms with Crippen LogP contribution in [0.1, 0.15) is 53.9 Å². The fourth-order valence-electron chi connectivity index (χ4n) is 3.41. The van der Waals surface area contributed by atoms with Crippen molar-refractivity contribution in [1.29, 1.82) is 0 Å². The molecular formula is C24H44N8O9. The molecule has 4 amide bonds. The lowest BCUT2D eigenvalue weighted by atomic mass is 10.0. The zero-order chi connectivity index (χ0) is 32.0. The number of guanidine groups is 1. The molecule has 0 aliphatic heterocycles. The SMILES string of the molecule is CC(C)[C@H](N)C(=O)N[C@@H](CCCN=C(N)N)C(=O)N[C@H](C(=O)N[C@@H](CC(=O)O)C(=O)N[C@H](C(=O)O)C(C)C)[C@@H](C)O. The van der Waals surface area contributed by atoms with Gasteiger partial charge in [-0.1, -0.05) is 27.7 Å². The topological polar surface area (TPSA) is 302 Å². The molecule has 0 spiro atoms. The Labute approximate surface area is 238 Å². The minimum Gasteiger partial charge on any atom is -0.481 e. The molecule has 17 heteroatoms. The van der Waals surface area contributed by atoms with Gasteiger partial charge in [0.1, 0.15) is 24.2 Å². The second-order valence-corrected chi connectivity index (χ2v) is 10.2. The van der Waals surface area contributed by atoms with E-state index in [4.69, 9.17) is 17.2 Å². The first-order valence-corrected chi connectivity index (χ1v) is 13.0. The Morgan fingerprint density at radius 1 is 0.732 bits per heavy atom. The molecule has 17 nitrogen and oxygen atoms in total. The highest BCUT2D eigenvalue weighted by Crippen LogP contribution is 2.07. The van der Waals surface area contributed by atoms with Gasteiger partial charge in [0.2, 0.25) is 23.6 Å². The quantitative estimate of drug-likeness (QED) is 0.0425. The third kappa shape index (κ3) is 13.8. The maximum atomic E-state index is 13.1. The molecule has 0 bridgehead atoms.